The number of hydrogen-bond acceptors (Lipinski definition) is 7. The Morgan fingerprint density at radius 2 is 1.93 bits per heavy atom. The molecule has 0 N–H and O–H groups in total. The van der Waals surface area contributed by atoms with E-state index in [1.54, 1.807) is 13.0 Å². The van der Waals surface area contributed by atoms with Crippen LogP contribution in [0.2, 0.25) is 0 Å². The third kappa shape index (κ3) is 4.27. The number of thiazole rings is 1. The Morgan fingerprint density at radius 3 is 2.48 bits per heavy atom. The van der Waals surface area contributed by atoms with E-state index in [4.69, 9.17) is 4.74 Å². The van der Waals surface area contributed by atoms with Gasteiger partial charge in [-0.05, 0) is 32.4 Å². The number of rotatable bonds is 5. The van der Waals surface area contributed by atoms with Crippen molar-refractivity contribution in [3.63, 3.8) is 0 Å². The molecule has 1 aliphatic heterocycles. The molecule has 2 aromatic heterocycles. The first-order valence-electron chi connectivity index (χ1n) is 9.17. The maximum Gasteiger partial charge on any atom is 0.339 e. The number of nitrogens with zero attached hydrogens (tertiary/aromatic N) is 4. The number of ether oxygens (including phenoxy) is 1. The van der Waals surface area contributed by atoms with E-state index < -0.39 is 0 Å². The second-order valence-electron chi connectivity index (χ2n) is 6.28. The van der Waals surface area contributed by atoms with Crippen molar-refractivity contribution in [2.75, 3.05) is 37.7 Å². The predicted molar refractivity (Wildman–Crippen MR) is 105 cm³/mol. The fourth-order valence-corrected chi connectivity index (χ4v) is 3.96. The van der Waals surface area contributed by atoms with Gasteiger partial charge in [0, 0.05) is 32.4 Å². The monoisotopic (exact) mass is 388 g/mol. The summed E-state index contributed by atoms with van der Waals surface area (Å²) in [5.74, 6) is 0.505. The number of aryl methyl sites for hydroxylation is 2. The number of piperazine rings is 1. The summed E-state index contributed by atoms with van der Waals surface area (Å²) in [5, 5.41) is 1.00. The zero-order valence-corrected chi connectivity index (χ0v) is 16.7. The van der Waals surface area contributed by atoms with Crippen LogP contribution in [0, 0.1) is 6.92 Å². The summed E-state index contributed by atoms with van der Waals surface area (Å²) in [6.45, 7) is 8.75. The van der Waals surface area contributed by atoms with Gasteiger partial charge in [-0.15, -0.1) is 11.3 Å². The molecule has 3 heterocycles. The van der Waals surface area contributed by atoms with Crippen molar-refractivity contribution in [2.24, 2.45) is 0 Å². The standard InChI is InChI=1S/C19H24N4O3S/c1-4-16-21-13(3)17(27-16)18(24)23-10-8-22(9-11-23)15-7-6-14(12-20-15)19(25)26-5-2/h6-7,12H,4-5,8-11H2,1-3H3. The Balaban J connectivity index is 1.60. The quantitative estimate of drug-likeness (QED) is 0.733. The van der Waals surface area contributed by atoms with Gasteiger partial charge in [-0.2, -0.15) is 0 Å². The van der Waals surface area contributed by atoms with Crippen LogP contribution in [-0.2, 0) is 11.2 Å². The molecule has 3 rings (SSSR count). The first-order chi connectivity index (χ1) is 13.0. The van der Waals surface area contributed by atoms with Crippen molar-refractivity contribution in [3.8, 4) is 0 Å². The maximum absolute atomic E-state index is 12.8. The largest absolute Gasteiger partial charge is 0.462 e. The highest BCUT2D eigenvalue weighted by atomic mass is 32.1. The number of aromatic nitrogens is 2. The highest BCUT2D eigenvalue weighted by Gasteiger charge is 2.25. The van der Waals surface area contributed by atoms with Crippen molar-refractivity contribution in [2.45, 2.75) is 27.2 Å². The van der Waals surface area contributed by atoms with Crippen LogP contribution in [0.4, 0.5) is 5.82 Å². The minimum atomic E-state index is -0.363. The third-order valence-corrected chi connectivity index (χ3v) is 5.78. The number of carbonyl (C=O) groups is 2. The van der Waals surface area contributed by atoms with Gasteiger partial charge in [0.25, 0.3) is 5.91 Å². The Morgan fingerprint density at radius 1 is 1.19 bits per heavy atom. The number of amides is 1. The first-order valence-corrected chi connectivity index (χ1v) is 9.98. The van der Waals surface area contributed by atoms with Gasteiger partial charge < -0.3 is 14.5 Å². The van der Waals surface area contributed by atoms with Crippen LogP contribution in [0.1, 0.15) is 44.6 Å². The summed E-state index contributed by atoms with van der Waals surface area (Å²) < 4.78 is 4.97. The lowest BCUT2D eigenvalue weighted by molar-refractivity contribution is 0.0525. The Labute approximate surface area is 163 Å². The predicted octanol–water partition coefficient (Wildman–Crippen LogP) is 2.55. The molecule has 0 spiro atoms. The van der Waals surface area contributed by atoms with Gasteiger partial charge in [0.1, 0.15) is 10.7 Å². The van der Waals surface area contributed by atoms with E-state index in [2.05, 4.69) is 14.9 Å². The molecule has 0 unspecified atom stereocenters. The average molecular weight is 388 g/mol. The molecule has 27 heavy (non-hydrogen) atoms. The Kier molecular flexibility index (Phi) is 6.05. The summed E-state index contributed by atoms with van der Waals surface area (Å²) in [6, 6.07) is 3.55. The average Bonchev–Trinajstić information content (AvgIpc) is 3.09. The van der Waals surface area contributed by atoms with E-state index in [1.807, 2.05) is 24.8 Å². The molecule has 0 bridgehead atoms. The first kappa shape index (κ1) is 19.3. The number of esters is 1. The SMILES string of the molecule is CCOC(=O)c1ccc(N2CCN(C(=O)c3sc(CC)nc3C)CC2)nc1. The summed E-state index contributed by atoms with van der Waals surface area (Å²) in [4.78, 5) is 38.1. The Hall–Kier alpha value is -2.48. The van der Waals surface area contributed by atoms with Gasteiger partial charge in [0.2, 0.25) is 0 Å². The van der Waals surface area contributed by atoms with Gasteiger partial charge in [-0.25, -0.2) is 14.8 Å². The van der Waals surface area contributed by atoms with E-state index in [9.17, 15) is 9.59 Å². The molecule has 0 radical (unpaired) electrons. The molecule has 8 heteroatoms. The van der Waals surface area contributed by atoms with E-state index in [0.29, 0.717) is 38.3 Å². The summed E-state index contributed by atoms with van der Waals surface area (Å²) in [7, 11) is 0. The molecule has 0 saturated carbocycles. The highest BCUT2D eigenvalue weighted by Crippen LogP contribution is 2.22. The molecular formula is C19H24N4O3S. The summed E-state index contributed by atoms with van der Waals surface area (Å²) in [5.41, 5.74) is 1.27. The van der Waals surface area contributed by atoms with Crippen LogP contribution in [0.15, 0.2) is 18.3 Å². The minimum absolute atomic E-state index is 0.0648. The normalized spacial score (nSPS) is 14.3. The third-order valence-electron chi connectivity index (χ3n) is 4.49. The zero-order chi connectivity index (χ0) is 19.4. The minimum Gasteiger partial charge on any atom is -0.462 e. The maximum atomic E-state index is 12.8. The number of anilines is 1. The van der Waals surface area contributed by atoms with Gasteiger partial charge in [0.05, 0.1) is 22.9 Å². The molecular weight excluding hydrogens is 364 g/mol. The van der Waals surface area contributed by atoms with Gasteiger partial charge in [0.15, 0.2) is 0 Å². The second kappa shape index (κ2) is 8.47. The molecule has 2 aromatic rings. The van der Waals surface area contributed by atoms with Crippen molar-refractivity contribution in [1.29, 1.82) is 0 Å². The smallest absolute Gasteiger partial charge is 0.339 e. The van der Waals surface area contributed by atoms with E-state index >= 15 is 0 Å². The van der Waals surface area contributed by atoms with Gasteiger partial charge >= 0.3 is 5.97 Å². The lowest BCUT2D eigenvalue weighted by Gasteiger charge is -2.35. The Bertz CT molecular complexity index is 811. The second-order valence-corrected chi connectivity index (χ2v) is 7.36. The molecule has 7 nitrogen and oxygen atoms in total. The molecule has 0 atom stereocenters. The number of carbonyl (C=O) groups excluding carboxylic acids is 2. The van der Waals surface area contributed by atoms with Crippen molar-refractivity contribution < 1.29 is 14.3 Å². The molecule has 1 aliphatic rings. The van der Waals surface area contributed by atoms with Crippen molar-refractivity contribution in [1.82, 2.24) is 14.9 Å². The lowest BCUT2D eigenvalue weighted by atomic mass is 10.2. The van der Waals surface area contributed by atoms with Crippen molar-refractivity contribution in [3.05, 3.63) is 39.5 Å². The molecule has 1 fully saturated rings. The van der Waals surface area contributed by atoms with Crippen LogP contribution in [0.3, 0.4) is 0 Å². The van der Waals surface area contributed by atoms with Crippen molar-refractivity contribution >= 4 is 29.0 Å². The fourth-order valence-electron chi connectivity index (χ4n) is 2.99. The lowest BCUT2D eigenvalue weighted by Crippen LogP contribution is -2.49. The molecule has 0 aliphatic carbocycles. The van der Waals surface area contributed by atoms with Crippen LogP contribution in [-0.4, -0.2) is 59.5 Å². The molecule has 0 aromatic carbocycles. The van der Waals surface area contributed by atoms with E-state index in [0.717, 1.165) is 27.8 Å². The molecule has 1 amide bonds. The fraction of sp³-hybridized carbons (Fsp3) is 0.474. The molecule has 1 saturated heterocycles. The van der Waals surface area contributed by atoms with Crippen LogP contribution >= 0.6 is 11.3 Å². The van der Waals surface area contributed by atoms with E-state index in [-0.39, 0.29) is 11.9 Å². The summed E-state index contributed by atoms with van der Waals surface area (Å²) >= 11 is 1.49. The number of pyridine rings is 1. The van der Waals surface area contributed by atoms with Gasteiger partial charge in [-0.3, -0.25) is 4.79 Å². The van der Waals surface area contributed by atoms with Crippen LogP contribution in [0.5, 0.6) is 0 Å². The highest BCUT2D eigenvalue weighted by molar-refractivity contribution is 7.13. The van der Waals surface area contributed by atoms with E-state index in [1.165, 1.54) is 17.5 Å². The van der Waals surface area contributed by atoms with Gasteiger partial charge in [-0.1, -0.05) is 6.92 Å². The van der Waals surface area contributed by atoms with Crippen LogP contribution in [0.25, 0.3) is 0 Å². The van der Waals surface area contributed by atoms with Crippen LogP contribution < -0.4 is 4.90 Å². The molecule has 144 valence electrons. The summed E-state index contributed by atoms with van der Waals surface area (Å²) in [6.07, 6.45) is 2.39. The zero-order valence-electron chi connectivity index (χ0n) is 15.9. The topological polar surface area (TPSA) is 75.6 Å². The number of hydrogen-bond donors (Lipinski definition) is 0.